The summed E-state index contributed by atoms with van der Waals surface area (Å²) in [6.45, 7) is 2.56. The van der Waals surface area contributed by atoms with E-state index in [1.807, 2.05) is 54.6 Å². The Morgan fingerprint density at radius 2 is 1.47 bits per heavy atom. The maximum atomic E-state index is 13.5. The van der Waals surface area contributed by atoms with Gasteiger partial charge in [0.1, 0.15) is 12.1 Å². The first-order valence-electron chi connectivity index (χ1n) is 15.3. The van der Waals surface area contributed by atoms with Gasteiger partial charge in [-0.25, -0.2) is 0 Å². The molecule has 1 aliphatic heterocycles. The maximum absolute atomic E-state index is 13.5. The number of nitrogens with two attached hydrogens (primary N) is 4. The Kier molecular flexibility index (Phi) is 13.9. The van der Waals surface area contributed by atoms with Crippen LogP contribution in [-0.4, -0.2) is 73.4 Å². The van der Waals surface area contributed by atoms with E-state index in [0.717, 1.165) is 36.0 Å². The predicted molar refractivity (Wildman–Crippen MR) is 171 cm³/mol. The third-order valence-corrected chi connectivity index (χ3v) is 7.72. The lowest BCUT2D eigenvalue weighted by Crippen LogP contribution is -2.54. The van der Waals surface area contributed by atoms with Gasteiger partial charge in [-0.3, -0.25) is 19.4 Å². The summed E-state index contributed by atoms with van der Waals surface area (Å²) in [4.78, 5) is 46.0. The van der Waals surface area contributed by atoms with Crippen molar-refractivity contribution < 1.29 is 14.4 Å². The number of benzene rings is 2. The first-order valence-corrected chi connectivity index (χ1v) is 15.3. The molecule has 0 aromatic heterocycles. The molecule has 1 heterocycles. The number of amides is 3. The number of carbonyl (C=O) groups excluding carboxylic acids is 3. The van der Waals surface area contributed by atoms with E-state index in [1.54, 1.807) is 4.90 Å². The number of likely N-dealkylation sites (tertiary alicyclic amines) is 1. The van der Waals surface area contributed by atoms with Crippen LogP contribution in [-0.2, 0) is 20.8 Å². The van der Waals surface area contributed by atoms with Gasteiger partial charge in [0.15, 0.2) is 5.96 Å². The molecule has 0 bridgehead atoms. The summed E-state index contributed by atoms with van der Waals surface area (Å²) < 4.78 is 0. The second-order valence-electron chi connectivity index (χ2n) is 11.2. The minimum atomic E-state index is -0.777. The highest BCUT2D eigenvalue weighted by atomic mass is 16.2. The molecular weight excluding hydrogens is 544 g/mol. The topological polar surface area (TPSA) is 195 Å². The van der Waals surface area contributed by atoms with Crippen molar-refractivity contribution in [3.63, 3.8) is 0 Å². The van der Waals surface area contributed by atoms with Crippen LogP contribution in [0.5, 0.6) is 0 Å². The Hall–Kier alpha value is -3.96. The SMILES string of the molecule is NCCCC[C@H](NC(=O)Cc1ccc(-c2ccccc2)cc1)C(=O)N[C@@H](CCCCN)C(=O)N1CC[C@@H](CN=C(N)N)C1. The van der Waals surface area contributed by atoms with Crippen LogP contribution in [0.2, 0.25) is 0 Å². The predicted octanol–water partition coefficient (Wildman–Crippen LogP) is 1.25. The van der Waals surface area contributed by atoms with Crippen molar-refractivity contribution in [2.45, 2.75) is 63.5 Å². The summed E-state index contributed by atoms with van der Waals surface area (Å²) in [6.07, 6.45) is 4.66. The molecule has 1 aliphatic rings. The number of unbranched alkanes of at least 4 members (excludes halogenated alkanes) is 2. The minimum Gasteiger partial charge on any atom is -0.370 e. The summed E-state index contributed by atoms with van der Waals surface area (Å²) in [7, 11) is 0. The number of aliphatic imine (C=N–C) groups is 1. The third-order valence-electron chi connectivity index (χ3n) is 7.72. The lowest BCUT2D eigenvalue weighted by molar-refractivity contribution is -0.137. The Morgan fingerprint density at radius 1 is 0.837 bits per heavy atom. The maximum Gasteiger partial charge on any atom is 0.245 e. The Bertz CT molecular complexity index is 1180. The number of nitrogens with zero attached hydrogens (tertiary/aromatic N) is 2. The van der Waals surface area contributed by atoms with E-state index >= 15 is 0 Å². The molecule has 11 heteroatoms. The minimum absolute atomic E-state index is 0.0311. The molecule has 43 heavy (non-hydrogen) atoms. The van der Waals surface area contributed by atoms with E-state index in [4.69, 9.17) is 22.9 Å². The molecule has 3 rings (SSSR count). The molecule has 2 aromatic rings. The van der Waals surface area contributed by atoms with E-state index in [0.29, 0.717) is 58.4 Å². The van der Waals surface area contributed by atoms with Crippen molar-refractivity contribution in [1.29, 1.82) is 0 Å². The monoisotopic (exact) mass is 592 g/mol. The first-order chi connectivity index (χ1) is 20.8. The Labute approximate surface area is 254 Å². The zero-order valence-corrected chi connectivity index (χ0v) is 25.0. The normalized spacial score (nSPS) is 15.9. The van der Waals surface area contributed by atoms with Crippen LogP contribution in [0.15, 0.2) is 59.6 Å². The van der Waals surface area contributed by atoms with Crippen molar-refractivity contribution in [3.05, 3.63) is 60.2 Å². The quantitative estimate of drug-likeness (QED) is 0.0903. The molecule has 0 spiro atoms. The van der Waals surface area contributed by atoms with Crippen molar-refractivity contribution >= 4 is 23.7 Å². The summed E-state index contributed by atoms with van der Waals surface area (Å²) in [5.74, 6) is -0.566. The van der Waals surface area contributed by atoms with Crippen LogP contribution in [0, 0.1) is 5.92 Å². The molecule has 3 atom stereocenters. The van der Waals surface area contributed by atoms with Crippen LogP contribution in [0.25, 0.3) is 11.1 Å². The zero-order valence-electron chi connectivity index (χ0n) is 25.0. The molecule has 0 radical (unpaired) electrons. The Morgan fingerprint density at radius 3 is 2.09 bits per heavy atom. The number of carbonyl (C=O) groups is 3. The summed E-state index contributed by atoms with van der Waals surface area (Å²) in [6, 6.07) is 16.4. The number of hydrogen-bond acceptors (Lipinski definition) is 6. The molecule has 0 aliphatic carbocycles. The van der Waals surface area contributed by atoms with Crippen molar-refractivity contribution in [2.24, 2.45) is 33.8 Å². The van der Waals surface area contributed by atoms with Crippen molar-refractivity contribution in [3.8, 4) is 11.1 Å². The molecule has 3 amide bonds. The molecule has 1 fully saturated rings. The van der Waals surface area contributed by atoms with E-state index < -0.39 is 12.1 Å². The van der Waals surface area contributed by atoms with Crippen molar-refractivity contribution in [1.82, 2.24) is 15.5 Å². The molecule has 2 aromatic carbocycles. The van der Waals surface area contributed by atoms with Crippen LogP contribution >= 0.6 is 0 Å². The fraction of sp³-hybridized carbons (Fsp3) is 0.500. The van der Waals surface area contributed by atoms with Gasteiger partial charge in [0, 0.05) is 19.6 Å². The molecule has 0 saturated carbocycles. The highest BCUT2D eigenvalue weighted by molar-refractivity contribution is 5.92. The van der Waals surface area contributed by atoms with Crippen LogP contribution < -0.4 is 33.6 Å². The van der Waals surface area contributed by atoms with Gasteiger partial charge >= 0.3 is 0 Å². The number of guanidine groups is 1. The van der Waals surface area contributed by atoms with Gasteiger partial charge in [0.05, 0.1) is 6.42 Å². The van der Waals surface area contributed by atoms with E-state index in [2.05, 4.69) is 15.6 Å². The molecule has 234 valence electrons. The van der Waals surface area contributed by atoms with Gasteiger partial charge in [-0.2, -0.15) is 0 Å². The molecule has 11 nitrogen and oxygen atoms in total. The first kappa shape index (κ1) is 33.5. The average Bonchev–Trinajstić information content (AvgIpc) is 3.49. The number of rotatable bonds is 17. The van der Waals surface area contributed by atoms with E-state index in [9.17, 15) is 14.4 Å². The smallest absolute Gasteiger partial charge is 0.245 e. The fourth-order valence-electron chi connectivity index (χ4n) is 5.30. The summed E-state index contributed by atoms with van der Waals surface area (Å²) in [5, 5.41) is 5.87. The van der Waals surface area contributed by atoms with Gasteiger partial charge in [-0.05, 0) is 80.6 Å². The largest absolute Gasteiger partial charge is 0.370 e. The van der Waals surface area contributed by atoms with Crippen LogP contribution in [0.1, 0.15) is 50.5 Å². The second kappa shape index (κ2) is 17.9. The van der Waals surface area contributed by atoms with Crippen LogP contribution in [0.4, 0.5) is 0 Å². The standard InChI is InChI=1S/C32H48N8O3/c33-17-6-4-10-27(38-29(41)20-23-12-14-26(15-13-23)25-8-2-1-3-9-25)30(42)39-28(11-5-7-18-34)31(43)40-19-16-24(22-40)21-37-32(35)36/h1-3,8-9,12-15,24,27-28H,4-7,10-11,16-22,33-34H2,(H,38,41)(H,39,42)(H4,35,36,37)/t24-,27-,28-/m0/s1. The lowest BCUT2D eigenvalue weighted by Gasteiger charge is -2.27. The van der Waals surface area contributed by atoms with Crippen molar-refractivity contribution in [2.75, 3.05) is 32.7 Å². The fourth-order valence-corrected chi connectivity index (χ4v) is 5.30. The molecule has 1 saturated heterocycles. The van der Waals surface area contributed by atoms with Gasteiger partial charge in [-0.1, -0.05) is 54.6 Å². The number of nitrogens with one attached hydrogen (secondary N) is 2. The van der Waals surface area contributed by atoms with Crippen LogP contribution in [0.3, 0.4) is 0 Å². The third kappa shape index (κ3) is 11.3. The Balaban J connectivity index is 1.64. The second-order valence-corrected chi connectivity index (χ2v) is 11.2. The summed E-state index contributed by atoms with van der Waals surface area (Å²) >= 11 is 0. The lowest BCUT2D eigenvalue weighted by atomic mass is 10.0. The van der Waals surface area contributed by atoms with Gasteiger partial charge in [-0.15, -0.1) is 0 Å². The average molecular weight is 593 g/mol. The zero-order chi connectivity index (χ0) is 31.0. The molecular formula is C32H48N8O3. The molecule has 0 unspecified atom stereocenters. The highest BCUT2D eigenvalue weighted by Gasteiger charge is 2.33. The van der Waals surface area contributed by atoms with E-state index in [-0.39, 0.29) is 36.0 Å². The molecule has 10 N–H and O–H groups in total. The summed E-state index contributed by atoms with van der Waals surface area (Å²) in [5.41, 5.74) is 25.3. The van der Waals surface area contributed by atoms with Gasteiger partial charge in [0.25, 0.3) is 0 Å². The van der Waals surface area contributed by atoms with Gasteiger partial charge in [0.2, 0.25) is 17.7 Å². The van der Waals surface area contributed by atoms with E-state index in [1.165, 1.54) is 0 Å². The number of hydrogen-bond donors (Lipinski definition) is 6. The van der Waals surface area contributed by atoms with Gasteiger partial charge < -0.3 is 38.5 Å². The highest BCUT2D eigenvalue weighted by Crippen LogP contribution is 2.20.